The summed E-state index contributed by atoms with van der Waals surface area (Å²) in [6.07, 6.45) is 6.30. The number of carboxylic acids is 1. The third-order valence-electron chi connectivity index (χ3n) is 3.76. The molecule has 0 aliphatic heterocycles. The van der Waals surface area contributed by atoms with E-state index in [0.717, 1.165) is 6.42 Å². The largest absolute Gasteiger partial charge is 0.481 e. The molecule has 0 saturated heterocycles. The van der Waals surface area contributed by atoms with Gasteiger partial charge in [0.25, 0.3) is 0 Å². The van der Waals surface area contributed by atoms with E-state index in [0.29, 0.717) is 12.3 Å². The van der Waals surface area contributed by atoms with E-state index in [1.54, 1.807) is 0 Å². The summed E-state index contributed by atoms with van der Waals surface area (Å²) in [6, 6.07) is 0.275. The lowest BCUT2D eigenvalue weighted by Gasteiger charge is -2.23. The standard InChI is InChI=1S/C14H25NO3/c1-10(9-14(17)18)8-13(16)15-12-7-5-3-4-6-11(12)2/h10-12H,3-9H2,1-2H3,(H,15,16)(H,17,18). The predicted molar refractivity (Wildman–Crippen MR) is 70.2 cm³/mol. The highest BCUT2D eigenvalue weighted by atomic mass is 16.4. The first kappa shape index (κ1) is 15.0. The van der Waals surface area contributed by atoms with Gasteiger partial charge >= 0.3 is 5.97 Å². The molecule has 1 aliphatic carbocycles. The SMILES string of the molecule is CC(CC(=O)O)CC(=O)NC1CCCCCC1C. The normalized spacial score (nSPS) is 26.1. The quantitative estimate of drug-likeness (QED) is 0.742. The molecule has 0 aromatic heterocycles. The van der Waals surface area contributed by atoms with Crippen molar-refractivity contribution in [2.24, 2.45) is 11.8 Å². The minimum Gasteiger partial charge on any atom is -0.481 e. The molecule has 18 heavy (non-hydrogen) atoms. The van der Waals surface area contributed by atoms with Crippen molar-refractivity contribution >= 4 is 11.9 Å². The number of hydrogen-bond donors (Lipinski definition) is 2. The molecule has 1 aliphatic rings. The summed E-state index contributed by atoms with van der Waals surface area (Å²) in [6.45, 7) is 4.00. The molecule has 1 fully saturated rings. The van der Waals surface area contributed by atoms with Crippen molar-refractivity contribution in [1.82, 2.24) is 5.32 Å². The summed E-state index contributed by atoms with van der Waals surface area (Å²) in [5.41, 5.74) is 0. The van der Waals surface area contributed by atoms with Crippen molar-refractivity contribution in [2.75, 3.05) is 0 Å². The average Bonchev–Trinajstić information content (AvgIpc) is 2.43. The van der Waals surface area contributed by atoms with Crippen molar-refractivity contribution in [3.05, 3.63) is 0 Å². The molecule has 0 bridgehead atoms. The summed E-state index contributed by atoms with van der Waals surface area (Å²) < 4.78 is 0. The first-order valence-electron chi connectivity index (χ1n) is 7.00. The molecule has 1 rings (SSSR count). The number of hydrogen-bond acceptors (Lipinski definition) is 2. The van der Waals surface area contributed by atoms with E-state index in [1.165, 1.54) is 25.7 Å². The van der Waals surface area contributed by atoms with Gasteiger partial charge in [-0.05, 0) is 24.7 Å². The van der Waals surface area contributed by atoms with Crippen LogP contribution in [0.3, 0.4) is 0 Å². The zero-order valence-corrected chi connectivity index (χ0v) is 11.4. The second-order valence-corrected chi connectivity index (χ2v) is 5.70. The minimum atomic E-state index is -0.835. The van der Waals surface area contributed by atoms with Crippen LogP contribution in [0, 0.1) is 11.8 Å². The molecule has 3 unspecified atom stereocenters. The van der Waals surface area contributed by atoms with E-state index in [4.69, 9.17) is 5.11 Å². The number of carbonyl (C=O) groups is 2. The second kappa shape index (κ2) is 7.39. The molecular formula is C14H25NO3. The maximum atomic E-state index is 11.9. The summed E-state index contributed by atoms with van der Waals surface area (Å²) in [5.74, 6) is -0.393. The summed E-state index contributed by atoms with van der Waals surface area (Å²) in [5, 5.41) is 11.7. The number of aliphatic carboxylic acids is 1. The molecule has 1 amide bonds. The lowest BCUT2D eigenvalue weighted by Crippen LogP contribution is -2.39. The zero-order chi connectivity index (χ0) is 13.5. The summed E-state index contributed by atoms with van der Waals surface area (Å²) in [7, 11) is 0. The van der Waals surface area contributed by atoms with Gasteiger partial charge in [-0.2, -0.15) is 0 Å². The van der Waals surface area contributed by atoms with Crippen molar-refractivity contribution < 1.29 is 14.7 Å². The Labute approximate surface area is 109 Å². The Bertz CT molecular complexity index is 291. The van der Waals surface area contributed by atoms with Gasteiger partial charge in [0.15, 0.2) is 0 Å². The highest BCUT2D eigenvalue weighted by Gasteiger charge is 2.22. The average molecular weight is 255 g/mol. The van der Waals surface area contributed by atoms with E-state index >= 15 is 0 Å². The molecule has 0 radical (unpaired) electrons. The Morgan fingerprint density at radius 2 is 1.89 bits per heavy atom. The minimum absolute atomic E-state index is 0.00231. The number of nitrogens with one attached hydrogen (secondary N) is 1. The van der Waals surface area contributed by atoms with Crippen molar-refractivity contribution in [2.45, 2.75) is 64.8 Å². The monoisotopic (exact) mass is 255 g/mol. The van der Waals surface area contributed by atoms with E-state index < -0.39 is 5.97 Å². The number of carbonyl (C=O) groups excluding carboxylic acids is 1. The number of amides is 1. The molecule has 4 nitrogen and oxygen atoms in total. The number of rotatable bonds is 5. The molecule has 104 valence electrons. The Hall–Kier alpha value is -1.06. The van der Waals surface area contributed by atoms with Crippen LogP contribution in [-0.2, 0) is 9.59 Å². The fourth-order valence-electron chi connectivity index (χ4n) is 2.66. The summed E-state index contributed by atoms with van der Waals surface area (Å²) >= 11 is 0. The molecule has 0 aromatic rings. The highest BCUT2D eigenvalue weighted by molar-refractivity contribution is 5.77. The molecule has 4 heteroatoms. The van der Waals surface area contributed by atoms with E-state index in [9.17, 15) is 9.59 Å². The van der Waals surface area contributed by atoms with Crippen molar-refractivity contribution in [1.29, 1.82) is 0 Å². The van der Waals surface area contributed by atoms with Gasteiger partial charge in [0.05, 0.1) is 0 Å². The fourth-order valence-corrected chi connectivity index (χ4v) is 2.66. The summed E-state index contributed by atoms with van der Waals surface area (Å²) in [4.78, 5) is 22.4. The molecule has 0 heterocycles. The van der Waals surface area contributed by atoms with Gasteiger partial charge in [0.2, 0.25) is 5.91 Å². The van der Waals surface area contributed by atoms with E-state index in [1.807, 2.05) is 6.92 Å². The molecular weight excluding hydrogens is 230 g/mol. The van der Waals surface area contributed by atoms with Gasteiger partial charge in [0, 0.05) is 18.9 Å². The Kier molecular flexibility index (Phi) is 6.16. The predicted octanol–water partition coefficient (Wildman–Crippen LogP) is 2.57. The van der Waals surface area contributed by atoms with E-state index in [-0.39, 0.29) is 24.3 Å². The van der Waals surface area contributed by atoms with Crippen LogP contribution in [0.4, 0.5) is 0 Å². The third-order valence-corrected chi connectivity index (χ3v) is 3.76. The Morgan fingerprint density at radius 1 is 1.22 bits per heavy atom. The highest BCUT2D eigenvalue weighted by Crippen LogP contribution is 2.23. The third kappa shape index (κ3) is 5.52. The topological polar surface area (TPSA) is 66.4 Å². The van der Waals surface area contributed by atoms with Crippen LogP contribution in [0.2, 0.25) is 0 Å². The van der Waals surface area contributed by atoms with Crippen molar-refractivity contribution in [3.8, 4) is 0 Å². The zero-order valence-electron chi connectivity index (χ0n) is 11.4. The van der Waals surface area contributed by atoms with Crippen LogP contribution in [0.5, 0.6) is 0 Å². The van der Waals surface area contributed by atoms with Crippen LogP contribution in [0.15, 0.2) is 0 Å². The van der Waals surface area contributed by atoms with Crippen LogP contribution in [0.25, 0.3) is 0 Å². The van der Waals surface area contributed by atoms with Crippen LogP contribution in [0.1, 0.15) is 58.8 Å². The van der Waals surface area contributed by atoms with Crippen molar-refractivity contribution in [3.63, 3.8) is 0 Å². The van der Waals surface area contributed by atoms with Gasteiger partial charge < -0.3 is 10.4 Å². The lowest BCUT2D eigenvalue weighted by atomic mass is 9.96. The maximum Gasteiger partial charge on any atom is 0.303 e. The number of carboxylic acid groups (broad SMARTS) is 1. The first-order valence-corrected chi connectivity index (χ1v) is 7.00. The molecule has 1 saturated carbocycles. The first-order chi connectivity index (χ1) is 8.49. The van der Waals surface area contributed by atoms with Gasteiger partial charge in [-0.25, -0.2) is 0 Å². The van der Waals surface area contributed by atoms with Crippen LogP contribution >= 0.6 is 0 Å². The lowest BCUT2D eigenvalue weighted by molar-refractivity contribution is -0.138. The second-order valence-electron chi connectivity index (χ2n) is 5.70. The van der Waals surface area contributed by atoms with E-state index in [2.05, 4.69) is 12.2 Å². The van der Waals surface area contributed by atoms with Crippen LogP contribution in [-0.4, -0.2) is 23.0 Å². The van der Waals surface area contributed by atoms with Gasteiger partial charge in [-0.15, -0.1) is 0 Å². The Morgan fingerprint density at radius 3 is 2.56 bits per heavy atom. The molecule has 0 aromatic carbocycles. The smallest absolute Gasteiger partial charge is 0.303 e. The van der Waals surface area contributed by atoms with Gasteiger partial charge in [-0.1, -0.05) is 33.1 Å². The van der Waals surface area contributed by atoms with Gasteiger partial charge in [-0.3, -0.25) is 9.59 Å². The Balaban J connectivity index is 2.35. The fraction of sp³-hybridized carbons (Fsp3) is 0.857. The molecule has 0 spiro atoms. The maximum absolute atomic E-state index is 11.9. The van der Waals surface area contributed by atoms with Crippen LogP contribution < -0.4 is 5.32 Å². The molecule has 3 atom stereocenters. The molecule has 2 N–H and O–H groups in total. The van der Waals surface area contributed by atoms with Gasteiger partial charge in [0.1, 0.15) is 0 Å².